The predicted octanol–water partition coefficient (Wildman–Crippen LogP) is 13.6. The van der Waals surface area contributed by atoms with Gasteiger partial charge in [0.05, 0.1) is 25.2 Å². The van der Waals surface area contributed by atoms with Crippen molar-refractivity contribution in [3.8, 4) is 5.75 Å². The number of benzene rings is 6. The summed E-state index contributed by atoms with van der Waals surface area (Å²) in [5.74, 6) is 1.60. The molecule has 0 aromatic heterocycles. The maximum atomic E-state index is 12.8. The van der Waals surface area contributed by atoms with Crippen LogP contribution >= 0.6 is 0 Å². The van der Waals surface area contributed by atoms with Crippen molar-refractivity contribution in [1.29, 1.82) is 0 Å². The summed E-state index contributed by atoms with van der Waals surface area (Å²) in [6.45, 7) is 19.7. The summed E-state index contributed by atoms with van der Waals surface area (Å²) < 4.78 is 5.21. The summed E-state index contributed by atoms with van der Waals surface area (Å²) in [7, 11) is 1.66. The number of aryl methyl sites for hydroxylation is 2. The molecule has 0 radical (unpaired) electrons. The fourth-order valence-corrected chi connectivity index (χ4v) is 11.0. The number of likely N-dealkylation sites (tertiary alicyclic amines) is 3. The summed E-state index contributed by atoms with van der Waals surface area (Å²) >= 11 is 0. The van der Waals surface area contributed by atoms with Gasteiger partial charge in [0.15, 0.2) is 0 Å². The first-order valence-corrected chi connectivity index (χ1v) is 25.4. The number of ether oxygens (including phenoxy) is 1. The highest BCUT2D eigenvalue weighted by molar-refractivity contribution is 5.81. The Balaban J connectivity index is 0.000000155. The molecule has 7 heteroatoms. The normalized spacial score (nSPS) is 22.7. The second kappa shape index (κ2) is 22.5. The Morgan fingerprint density at radius 1 is 0.443 bits per heavy atom. The molecule has 3 fully saturated rings. The zero-order chi connectivity index (χ0) is 50.1. The molecule has 3 unspecified atom stereocenters. The van der Waals surface area contributed by atoms with Crippen molar-refractivity contribution in [1.82, 2.24) is 14.7 Å². The lowest BCUT2D eigenvalue weighted by molar-refractivity contribution is -0.138. The van der Waals surface area contributed by atoms with Gasteiger partial charge >= 0.3 is 0 Å². The molecule has 3 heterocycles. The second-order valence-electron chi connectivity index (χ2n) is 20.9. The average Bonchev–Trinajstić information content (AvgIpc) is 3.37. The lowest BCUT2D eigenvalue weighted by Gasteiger charge is -2.42. The Kier molecular flexibility index (Phi) is 16.5. The Labute approximate surface area is 418 Å². The maximum Gasteiger partial charge on any atom is 0.223 e. The summed E-state index contributed by atoms with van der Waals surface area (Å²) in [4.78, 5) is 44.5. The van der Waals surface area contributed by atoms with Gasteiger partial charge in [0.25, 0.3) is 0 Å². The van der Waals surface area contributed by atoms with Gasteiger partial charge in [-0.1, -0.05) is 178 Å². The van der Waals surface area contributed by atoms with Gasteiger partial charge in [0, 0.05) is 55.1 Å². The largest absolute Gasteiger partial charge is 0.497 e. The minimum Gasteiger partial charge on any atom is -0.497 e. The van der Waals surface area contributed by atoms with Crippen molar-refractivity contribution in [3.05, 3.63) is 208 Å². The minimum absolute atomic E-state index is 0.0456. The third-order valence-corrected chi connectivity index (χ3v) is 15.8. The van der Waals surface area contributed by atoms with Gasteiger partial charge in [-0.3, -0.25) is 14.4 Å². The molecule has 0 saturated carbocycles. The van der Waals surface area contributed by atoms with Crippen molar-refractivity contribution in [2.75, 3.05) is 26.7 Å². The van der Waals surface area contributed by atoms with Crippen molar-refractivity contribution in [2.24, 2.45) is 0 Å². The van der Waals surface area contributed by atoms with Gasteiger partial charge < -0.3 is 19.4 Å². The molecule has 0 bridgehead atoms. The van der Waals surface area contributed by atoms with E-state index >= 15 is 0 Å². The zero-order valence-electron chi connectivity index (χ0n) is 43.2. The van der Waals surface area contributed by atoms with Crippen LogP contribution in [0.2, 0.25) is 0 Å². The van der Waals surface area contributed by atoms with E-state index in [0.29, 0.717) is 19.3 Å². The molecule has 6 atom stereocenters. The fourth-order valence-electron chi connectivity index (χ4n) is 11.0. The van der Waals surface area contributed by atoms with E-state index in [-0.39, 0.29) is 52.1 Å². The molecule has 3 aliphatic heterocycles. The SMILES string of the molecule is COc1ccc([C@H](C)N2CCC(C)(c3ccccc3)CC2=O)cc1.Cc1cccc(C2(C)CCN([C@@H](C)c3ccccc3)C(=O)C2)c1.Cc1ccccc1C1(C)CCN([C@@H](C)c2ccccc2)C(=O)C1. The zero-order valence-corrected chi connectivity index (χ0v) is 43.2. The number of carbonyl (C=O) groups excluding carboxylic acids is 3. The van der Waals surface area contributed by atoms with E-state index in [1.165, 1.54) is 38.9 Å². The third kappa shape index (κ3) is 11.9. The predicted molar refractivity (Wildman–Crippen MR) is 285 cm³/mol. The smallest absolute Gasteiger partial charge is 0.223 e. The fraction of sp³-hybridized carbons (Fsp3) is 0.381. The lowest BCUT2D eigenvalue weighted by atomic mass is 9.72. The third-order valence-electron chi connectivity index (χ3n) is 15.8. The molecule has 0 N–H and O–H groups in total. The summed E-state index contributed by atoms with van der Waals surface area (Å²) in [5, 5.41) is 0. The number of hydrogen-bond donors (Lipinski definition) is 0. The molecular weight excluding hydrogens is 863 g/mol. The quantitative estimate of drug-likeness (QED) is 0.137. The van der Waals surface area contributed by atoms with Crippen molar-refractivity contribution in [3.63, 3.8) is 0 Å². The Bertz CT molecular complexity index is 2670. The minimum atomic E-state index is -0.0610. The molecule has 0 aliphatic carbocycles. The van der Waals surface area contributed by atoms with Crippen LogP contribution in [0.1, 0.15) is 143 Å². The van der Waals surface area contributed by atoms with Crippen LogP contribution in [-0.4, -0.2) is 59.2 Å². The van der Waals surface area contributed by atoms with Crippen molar-refractivity contribution < 1.29 is 19.1 Å². The van der Waals surface area contributed by atoms with Gasteiger partial charge in [-0.25, -0.2) is 0 Å². The van der Waals surface area contributed by atoms with Crippen LogP contribution in [0.4, 0.5) is 0 Å². The van der Waals surface area contributed by atoms with E-state index in [1.54, 1.807) is 7.11 Å². The number of hydrogen-bond acceptors (Lipinski definition) is 4. The molecule has 3 saturated heterocycles. The Morgan fingerprint density at radius 3 is 1.27 bits per heavy atom. The highest BCUT2D eigenvalue weighted by Gasteiger charge is 2.41. The first kappa shape index (κ1) is 51.4. The topological polar surface area (TPSA) is 70.2 Å². The molecule has 366 valence electrons. The van der Waals surface area contributed by atoms with E-state index in [1.807, 2.05) is 81.4 Å². The molecule has 70 heavy (non-hydrogen) atoms. The van der Waals surface area contributed by atoms with Crippen LogP contribution in [0.25, 0.3) is 0 Å². The number of methoxy groups -OCH3 is 1. The number of carbonyl (C=O) groups is 3. The first-order valence-electron chi connectivity index (χ1n) is 25.4. The van der Waals surface area contributed by atoms with Gasteiger partial charge in [-0.2, -0.15) is 0 Å². The molecule has 3 aliphatic rings. The van der Waals surface area contributed by atoms with Gasteiger partial charge in [-0.15, -0.1) is 0 Å². The molecular formula is C63H75N3O4. The van der Waals surface area contributed by atoms with Crippen LogP contribution in [0.3, 0.4) is 0 Å². The highest BCUT2D eigenvalue weighted by Crippen LogP contribution is 2.41. The van der Waals surface area contributed by atoms with Gasteiger partial charge in [0.1, 0.15) is 5.75 Å². The van der Waals surface area contributed by atoms with E-state index in [0.717, 1.165) is 50.2 Å². The number of piperidine rings is 3. The van der Waals surface area contributed by atoms with Crippen molar-refractivity contribution in [2.45, 2.75) is 128 Å². The van der Waals surface area contributed by atoms with E-state index in [9.17, 15) is 14.4 Å². The van der Waals surface area contributed by atoms with Crippen LogP contribution < -0.4 is 4.74 Å². The Hall–Kier alpha value is -6.47. The second-order valence-corrected chi connectivity index (χ2v) is 20.9. The highest BCUT2D eigenvalue weighted by atomic mass is 16.5. The van der Waals surface area contributed by atoms with E-state index in [2.05, 4.69) is 152 Å². The first-order chi connectivity index (χ1) is 33.5. The van der Waals surface area contributed by atoms with Crippen molar-refractivity contribution >= 4 is 17.7 Å². The number of rotatable bonds is 10. The van der Waals surface area contributed by atoms with Crippen LogP contribution in [0.15, 0.2) is 164 Å². The molecule has 6 aromatic rings. The monoisotopic (exact) mass is 938 g/mol. The van der Waals surface area contributed by atoms with E-state index < -0.39 is 0 Å². The average molecular weight is 938 g/mol. The molecule has 6 aromatic carbocycles. The lowest BCUT2D eigenvalue weighted by Crippen LogP contribution is -2.46. The van der Waals surface area contributed by atoms with Gasteiger partial charge in [0.2, 0.25) is 17.7 Å². The van der Waals surface area contributed by atoms with E-state index in [4.69, 9.17) is 4.74 Å². The summed E-state index contributed by atoms with van der Waals surface area (Å²) in [6, 6.07) is 56.4. The number of amides is 3. The summed E-state index contributed by atoms with van der Waals surface area (Å²) in [5.41, 5.74) is 9.82. The standard InChI is InChI=1S/C21H25NO2.2C21H25NO/c1-16(17-9-11-19(24-3)12-10-17)22-14-13-21(2,15-20(22)23)18-7-5-4-6-8-18;1-16-9-7-8-12-19(16)21(3)13-14-22(20(23)15-21)17(2)18-10-5-4-6-11-18;1-16-8-7-11-19(14-16)21(3)12-13-22(20(23)15-21)17(2)18-9-5-4-6-10-18/h4-12,16H,13-15H2,1-3H3;4-12,17H,13-15H2,1-3H3;4-11,14,17H,12-13,15H2,1-3H3/t16-,21?;2*17-,21?/m000/s1. The maximum absolute atomic E-state index is 12.8. The molecule has 3 amide bonds. The summed E-state index contributed by atoms with van der Waals surface area (Å²) in [6.07, 6.45) is 4.77. The van der Waals surface area contributed by atoms with Gasteiger partial charge in [-0.05, 0) is 105 Å². The Morgan fingerprint density at radius 2 is 0.829 bits per heavy atom. The van der Waals surface area contributed by atoms with Crippen LogP contribution in [-0.2, 0) is 30.6 Å². The van der Waals surface area contributed by atoms with Crippen LogP contribution in [0.5, 0.6) is 5.75 Å². The molecule has 7 nitrogen and oxygen atoms in total. The van der Waals surface area contributed by atoms with Crippen LogP contribution in [0, 0.1) is 13.8 Å². The number of nitrogens with zero attached hydrogens (tertiary/aromatic N) is 3. The molecule has 9 rings (SSSR count). The molecule has 0 spiro atoms.